The molecule has 0 N–H and O–H groups in total. The zero-order valence-corrected chi connectivity index (χ0v) is 17.4. The van der Waals surface area contributed by atoms with Crippen LogP contribution in [0.5, 0.6) is 5.75 Å². The summed E-state index contributed by atoms with van der Waals surface area (Å²) in [6, 6.07) is 11.7. The standard InChI is InChI=1S/C20H18ClN3O4S/c1-3-14-6-4-5-7-18(14)23(13(2)25)20-22-15(12-29-20)11-28-19-9-8-16(24(26)27)10-17(19)21/h4-10,12H,3,11H2,1-2H3. The van der Waals surface area contributed by atoms with Crippen molar-refractivity contribution in [3.8, 4) is 5.75 Å². The van der Waals surface area contributed by atoms with Gasteiger partial charge in [-0.1, -0.05) is 36.7 Å². The van der Waals surface area contributed by atoms with Gasteiger partial charge in [0.05, 0.1) is 21.3 Å². The number of nitro groups is 1. The quantitative estimate of drug-likeness (QED) is 0.362. The molecule has 0 radical (unpaired) electrons. The predicted molar refractivity (Wildman–Crippen MR) is 113 cm³/mol. The topological polar surface area (TPSA) is 85.6 Å². The third-order valence-electron chi connectivity index (χ3n) is 4.16. The van der Waals surface area contributed by atoms with Crippen molar-refractivity contribution in [2.24, 2.45) is 0 Å². The highest BCUT2D eigenvalue weighted by Crippen LogP contribution is 2.33. The third-order valence-corrected chi connectivity index (χ3v) is 5.33. The number of nitrogens with zero attached hydrogens (tertiary/aromatic N) is 3. The molecular formula is C20H18ClN3O4S. The number of nitro benzene ring substituents is 1. The van der Waals surface area contributed by atoms with Crippen LogP contribution in [0.2, 0.25) is 5.02 Å². The molecule has 3 rings (SSSR count). The summed E-state index contributed by atoms with van der Waals surface area (Å²) in [5.74, 6) is 0.192. The first-order valence-corrected chi connectivity index (χ1v) is 10.1. The molecule has 0 unspecified atom stereocenters. The summed E-state index contributed by atoms with van der Waals surface area (Å²) in [5, 5.41) is 13.3. The summed E-state index contributed by atoms with van der Waals surface area (Å²) >= 11 is 7.39. The lowest BCUT2D eigenvalue weighted by Gasteiger charge is -2.21. The van der Waals surface area contributed by atoms with E-state index in [-0.39, 0.29) is 23.2 Å². The van der Waals surface area contributed by atoms with E-state index in [0.29, 0.717) is 16.6 Å². The van der Waals surface area contributed by atoms with Crippen LogP contribution in [-0.2, 0) is 17.8 Å². The van der Waals surface area contributed by atoms with E-state index in [2.05, 4.69) is 4.98 Å². The van der Waals surface area contributed by atoms with Crippen LogP contribution in [0.1, 0.15) is 25.1 Å². The van der Waals surface area contributed by atoms with Crippen molar-refractivity contribution in [3.05, 3.63) is 74.2 Å². The van der Waals surface area contributed by atoms with E-state index in [4.69, 9.17) is 16.3 Å². The highest BCUT2D eigenvalue weighted by atomic mass is 35.5. The van der Waals surface area contributed by atoms with E-state index in [0.717, 1.165) is 17.7 Å². The zero-order chi connectivity index (χ0) is 21.0. The normalized spacial score (nSPS) is 10.6. The Morgan fingerprint density at radius 2 is 2.07 bits per heavy atom. The van der Waals surface area contributed by atoms with Crippen LogP contribution in [0.3, 0.4) is 0 Å². The lowest BCUT2D eigenvalue weighted by atomic mass is 10.1. The lowest BCUT2D eigenvalue weighted by molar-refractivity contribution is -0.384. The molecule has 0 saturated carbocycles. The Morgan fingerprint density at radius 3 is 2.72 bits per heavy atom. The van der Waals surface area contributed by atoms with Crippen molar-refractivity contribution in [2.75, 3.05) is 4.90 Å². The molecule has 9 heteroatoms. The van der Waals surface area contributed by atoms with Crippen LogP contribution >= 0.6 is 22.9 Å². The second-order valence-electron chi connectivity index (χ2n) is 6.12. The van der Waals surface area contributed by atoms with Crippen molar-refractivity contribution < 1.29 is 14.5 Å². The van der Waals surface area contributed by atoms with E-state index < -0.39 is 4.92 Å². The molecule has 29 heavy (non-hydrogen) atoms. The molecule has 1 heterocycles. The van der Waals surface area contributed by atoms with Crippen molar-refractivity contribution in [2.45, 2.75) is 26.9 Å². The minimum Gasteiger partial charge on any atom is -0.486 e. The van der Waals surface area contributed by atoms with Crippen molar-refractivity contribution >= 4 is 45.4 Å². The van der Waals surface area contributed by atoms with Gasteiger partial charge in [0.2, 0.25) is 5.91 Å². The molecule has 1 amide bonds. The number of carbonyl (C=O) groups is 1. The van der Waals surface area contributed by atoms with E-state index >= 15 is 0 Å². The van der Waals surface area contributed by atoms with Gasteiger partial charge in [-0.15, -0.1) is 11.3 Å². The highest BCUT2D eigenvalue weighted by molar-refractivity contribution is 7.14. The van der Waals surface area contributed by atoms with E-state index in [9.17, 15) is 14.9 Å². The molecule has 0 fully saturated rings. The molecule has 0 aliphatic carbocycles. The molecule has 0 spiro atoms. The van der Waals surface area contributed by atoms with E-state index in [1.807, 2.05) is 31.2 Å². The number of aromatic nitrogens is 1. The number of carbonyl (C=O) groups excluding carboxylic acids is 1. The van der Waals surface area contributed by atoms with Crippen molar-refractivity contribution in [3.63, 3.8) is 0 Å². The Bertz CT molecular complexity index is 1050. The Kier molecular flexibility index (Phi) is 6.46. The molecule has 2 aromatic carbocycles. The second kappa shape index (κ2) is 9.02. The van der Waals surface area contributed by atoms with Gasteiger partial charge in [0.25, 0.3) is 5.69 Å². The first-order chi connectivity index (χ1) is 13.9. The zero-order valence-electron chi connectivity index (χ0n) is 15.8. The number of anilines is 2. The molecule has 3 aromatic rings. The number of aryl methyl sites for hydroxylation is 1. The summed E-state index contributed by atoms with van der Waals surface area (Å²) in [6.07, 6.45) is 0.792. The third kappa shape index (κ3) is 4.72. The summed E-state index contributed by atoms with van der Waals surface area (Å²) in [6.45, 7) is 3.65. The monoisotopic (exact) mass is 431 g/mol. The van der Waals surface area contributed by atoms with Crippen LogP contribution in [0.4, 0.5) is 16.5 Å². The van der Waals surface area contributed by atoms with Gasteiger partial charge in [0, 0.05) is 24.4 Å². The number of para-hydroxylation sites is 1. The molecule has 0 aliphatic heterocycles. The van der Waals surface area contributed by atoms with Gasteiger partial charge in [0.1, 0.15) is 12.4 Å². The fraction of sp³-hybridized carbons (Fsp3) is 0.200. The van der Waals surface area contributed by atoms with E-state index in [1.165, 1.54) is 36.5 Å². The van der Waals surface area contributed by atoms with Crippen LogP contribution in [0, 0.1) is 10.1 Å². The molecule has 0 atom stereocenters. The first-order valence-electron chi connectivity index (χ1n) is 8.80. The SMILES string of the molecule is CCc1ccccc1N(C(C)=O)c1nc(COc2ccc([N+](=O)[O-])cc2Cl)cs1. The van der Waals surface area contributed by atoms with Crippen LogP contribution in [0.15, 0.2) is 47.8 Å². The Hall–Kier alpha value is -2.97. The van der Waals surface area contributed by atoms with Crippen molar-refractivity contribution in [1.29, 1.82) is 0 Å². The van der Waals surface area contributed by atoms with Gasteiger partial charge in [-0.2, -0.15) is 0 Å². The number of benzene rings is 2. The van der Waals surface area contributed by atoms with Crippen molar-refractivity contribution in [1.82, 2.24) is 4.98 Å². The second-order valence-corrected chi connectivity index (χ2v) is 7.36. The number of rotatable bonds is 7. The summed E-state index contributed by atoms with van der Waals surface area (Å²) in [5.41, 5.74) is 2.38. The fourth-order valence-corrected chi connectivity index (χ4v) is 3.87. The molecule has 0 aliphatic rings. The van der Waals surface area contributed by atoms with E-state index in [1.54, 1.807) is 10.3 Å². The van der Waals surface area contributed by atoms with Gasteiger partial charge in [-0.3, -0.25) is 19.8 Å². The number of thiazole rings is 1. The minimum absolute atomic E-state index is 0.106. The minimum atomic E-state index is -0.521. The average molecular weight is 432 g/mol. The van der Waals surface area contributed by atoms with Crippen LogP contribution < -0.4 is 9.64 Å². The largest absolute Gasteiger partial charge is 0.486 e. The molecule has 1 aromatic heterocycles. The maximum Gasteiger partial charge on any atom is 0.271 e. The van der Waals surface area contributed by atoms with Gasteiger partial charge < -0.3 is 4.74 Å². The number of non-ortho nitro benzene ring substituents is 1. The molecule has 0 bridgehead atoms. The smallest absolute Gasteiger partial charge is 0.271 e. The summed E-state index contributed by atoms with van der Waals surface area (Å²) < 4.78 is 5.65. The van der Waals surface area contributed by atoms with Gasteiger partial charge >= 0.3 is 0 Å². The Labute approximate surface area is 176 Å². The number of hydrogen-bond donors (Lipinski definition) is 0. The predicted octanol–water partition coefficient (Wildman–Crippen LogP) is 5.53. The van der Waals surface area contributed by atoms with Gasteiger partial charge in [-0.25, -0.2) is 4.98 Å². The van der Waals surface area contributed by atoms with Crippen LogP contribution in [0.25, 0.3) is 0 Å². The summed E-state index contributed by atoms with van der Waals surface area (Å²) in [7, 11) is 0. The molecule has 7 nitrogen and oxygen atoms in total. The number of ether oxygens (including phenoxy) is 1. The number of hydrogen-bond acceptors (Lipinski definition) is 6. The molecular weight excluding hydrogens is 414 g/mol. The maximum atomic E-state index is 12.3. The summed E-state index contributed by atoms with van der Waals surface area (Å²) in [4.78, 5) is 28.7. The average Bonchev–Trinajstić information content (AvgIpc) is 3.15. The van der Waals surface area contributed by atoms with Crippen LogP contribution in [-0.4, -0.2) is 15.8 Å². The molecule has 150 valence electrons. The Balaban J connectivity index is 1.79. The molecule has 0 saturated heterocycles. The lowest BCUT2D eigenvalue weighted by Crippen LogP contribution is -2.23. The first kappa shape index (κ1) is 20.8. The number of halogens is 1. The van der Waals surface area contributed by atoms with Gasteiger partial charge in [-0.05, 0) is 24.1 Å². The fourth-order valence-electron chi connectivity index (χ4n) is 2.77. The van der Waals surface area contributed by atoms with Gasteiger partial charge in [0.15, 0.2) is 5.13 Å². The number of amides is 1. The Morgan fingerprint density at radius 1 is 1.31 bits per heavy atom. The maximum absolute atomic E-state index is 12.3. The highest BCUT2D eigenvalue weighted by Gasteiger charge is 2.20.